The Bertz CT molecular complexity index is 182. The van der Waals surface area contributed by atoms with Crippen LogP contribution in [0.4, 0.5) is 0 Å². The van der Waals surface area contributed by atoms with Crippen LogP contribution in [0.3, 0.4) is 0 Å². The Balaban J connectivity index is 2.27. The molecule has 0 amide bonds. The van der Waals surface area contributed by atoms with E-state index in [1.165, 1.54) is 0 Å². The molecule has 2 atom stereocenters. The van der Waals surface area contributed by atoms with Crippen LogP contribution >= 0.6 is 0 Å². The lowest BCUT2D eigenvalue weighted by molar-refractivity contribution is -0.144. The highest BCUT2D eigenvalue weighted by Crippen LogP contribution is 2.58. The zero-order valence-corrected chi connectivity index (χ0v) is 6.39. The second-order valence-electron chi connectivity index (χ2n) is 3.56. The molecule has 56 valence electrons. The van der Waals surface area contributed by atoms with Crippen LogP contribution in [0.2, 0.25) is 0 Å². The first-order valence-corrected chi connectivity index (χ1v) is 3.88. The summed E-state index contributed by atoms with van der Waals surface area (Å²) in [7, 11) is 0. The van der Waals surface area contributed by atoms with Crippen molar-refractivity contribution >= 4 is 5.97 Å². The van der Waals surface area contributed by atoms with Gasteiger partial charge >= 0.3 is 5.97 Å². The number of carbonyl (C=O) groups is 1. The maximum atomic E-state index is 11.2. The lowest BCUT2D eigenvalue weighted by Crippen LogP contribution is -2.16. The van der Waals surface area contributed by atoms with Crippen molar-refractivity contribution in [1.82, 2.24) is 0 Å². The van der Waals surface area contributed by atoms with Gasteiger partial charge in [-0.25, -0.2) is 0 Å². The summed E-state index contributed by atoms with van der Waals surface area (Å²) in [5.74, 6) is 0.493. The highest BCUT2D eigenvalue weighted by atomic mass is 16.6. The Kier molecular flexibility index (Phi) is 0.960. The molecule has 1 aliphatic heterocycles. The maximum Gasteiger partial charge on any atom is 0.312 e. The molecule has 1 heterocycles. The molecule has 2 aliphatic rings. The van der Waals surface area contributed by atoms with Gasteiger partial charge < -0.3 is 4.74 Å². The van der Waals surface area contributed by atoms with Gasteiger partial charge in [0.05, 0.1) is 5.41 Å². The molecule has 0 bridgehead atoms. The van der Waals surface area contributed by atoms with Gasteiger partial charge in [-0.1, -0.05) is 6.92 Å². The van der Waals surface area contributed by atoms with Gasteiger partial charge in [0.2, 0.25) is 0 Å². The zero-order valence-electron chi connectivity index (χ0n) is 6.39. The molecule has 10 heavy (non-hydrogen) atoms. The number of hydrogen-bond acceptors (Lipinski definition) is 2. The quantitative estimate of drug-likeness (QED) is 0.475. The van der Waals surface area contributed by atoms with E-state index in [1.54, 1.807) is 0 Å². The summed E-state index contributed by atoms with van der Waals surface area (Å²) < 4.78 is 5.11. The first-order valence-electron chi connectivity index (χ1n) is 3.88. The molecule has 0 aromatic carbocycles. The standard InChI is InChI=1S/C8H12O2/c1-5-6(2)10-7(9)8(5)3-4-8/h5-6H,3-4H2,1-2H3/t5-,6-/m0/s1. The van der Waals surface area contributed by atoms with Crippen LogP contribution in [-0.2, 0) is 9.53 Å². The number of carbonyl (C=O) groups excluding carboxylic acids is 1. The molecule has 1 aliphatic carbocycles. The second kappa shape index (κ2) is 1.55. The molecular formula is C8H12O2. The van der Waals surface area contributed by atoms with Gasteiger partial charge in [-0.15, -0.1) is 0 Å². The number of rotatable bonds is 0. The summed E-state index contributed by atoms with van der Waals surface area (Å²) in [6, 6.07) is 0. The summed E-state index contributed by atoms with van der Waals surface area (Å²) >= 11 is 0. The van der Waals surface area contributed by atoms with Crippen molar-refractivity contribution in [2.45, 2.75) is 32.8 Å². The summed E-state index contributed by atoms with van der Waals surface area (Å²) in [5.41, 5.74) is -0.0284. The number of ether oxygens (including phenoxy) is 1. The van der Waals surface area contributed by atoms with Gasteiger partial charge in [0, 0.05) is 5.92 Å². The zero-order chi connectivity index (χ0) is 7.35. The van der Waals surface area contributed by atoms with Gasteiger partial charge in [-0.3, -0.25) is 4.79 Å². The highest BCUT2D eigenvalue weighted by Gasteiger charge is 2.61. The van der Waals surface area contributed by atoms with E-state index in [1.807, 2.05) is 6.92 Å². The largest absolute Gasteiger partial charge is 0.462 e. The number of esters is 1. The van der Waals surface area contributed by atoms with Crippen LogP contribution in [0, 0.1) is 11.3 Å². The molecule has 2 fully saturated rings. The molecule has 2 heteroatoms. The van der Waals surface area contributed by atoms with Crippen LogP contribution in [-0.4, -0.2) is 12.1 Å². The van der Waals surface area contributed by atoms with Gasteiger partial charge in [0.15, 0.2) is 0 Å². The maximum absolute atomic E-state index is 11.2. The summed E-state index contributed by atoms with van der Waals surface area (Å²) in [5, 5.41) is 0. The molecule has 0 N–H and O–H groups in total. The van der Waals surface area contributed by atoms with Crippen LogP contribution in [0.25, 0.3) is 0 Å². The van der Waals surface area contributed by atoms with Crippen molar-refractivity contribution in [3.63, 3.8) is 0 Å². The third-order valence-corrected chi connectivity index (χ3v) is 3.06. The highest BCUT2D eigenvalue weighted by molar-refractivity contribution is 5.82. The minimum Gasteiger partial charge on any atom is -0.462 e. The van der Waals surface area contributed by atoms with E-state index in [4.69, 9.17) is 4.74 Å². The average molecular weight is 140 g/mol. The SMILES string of the molecule is C[C@@H]1OC(=O)C2(CC2)[C@H]1C. The van der Waals surface area contributed by atoms with Crippen LogP contribution in [0.15, 0.2) is 0 Å². The van der Waals surface area contributed by atoms with E-state index in [2.05, 4.69) is 6.92 Å². The molecule has 0 aromatic rings. The molecule has 1 saturated heterocycles. The number of cyclic esters (lactones) is 1. The molecule has 0 radical (unpaired) electrons. The number of hydrogen-bond donors (Lipinski definition) is 0. The van der Waals surface area contributed by atoms with Crippen LogP contribution in [0.1, 0.15) is 26.7 Å². The molecule has 0 unspecified atom stereocenters. The van der Waals surface area contributed by atoms with E-state index in [0.717, 1.165) is 12.8 Å². The smallest absolute Gasteiger partial charge is 0.312 e. The van der Waals surface area contributed by atoms with Crippen molar-refractivity contribution in [3.05, 3.63) is 0 Å². The van der Waals surface area contributed by atoms with Gasteiger partial charge in [0.1, 0.15) is 6.10 Å². The second-order valence-corrected chi connectivity index (χ2v) is 3.56. The first-order chi connectivity index (χ1) is 4.67. The third kappa shape index (κ3) is 0.522. The first kappa shape index (κ1) is 6.20. The van der Waals surface area contributed by atoms with E-state index in [0.29, 0.717) is 5.92 Å². The fourth-order valence-corrected chi connectivity index (χ4v) is 1.82. The Hall–Kier alpha value is -0.530. The predicted molar refractivity (Wildman–Crippen MR) is 36.4 cm³/mol. The van der Waals surface area contributed by atoms with Crippen LogP contribution < -0.4 is 0 Å². The van der Waals surface area contributed by atoms with E-state index < -0.39 is 0 Å². The van der Waals surface area contributed by atoms with Crippen molar-refractivity contribution in [2.24, 2.45) is 11.3 Å². The minimum atomic E-state index is -0.0284. The van der Waals surface area contributed by atoms with E-state index >= 15 is 0 Å². The van der Waals surface area contributed by atoms with Gasteiger partial charge in [-0.05, 0) is 19.8 Å². The summed E-state index contributed by atoms with van der Waals surface area (Å²) in [6.07, 6.45) is 2.25. The fraction of sp³-hybridized carbons (Fsp3) is 0.875. The molecular weight excluding hydrogens is 128 g/mol. The van der Waals surface area contributed by atoms with Crippen molar-refractivity contribution in [1.29, 1.82) is 0 Å². The van der Waals surface area contributed by atoms with E-state index in [9.17, 15) is 4.79 Å². The molecule has 2 rings (SSSR count). The van der Waals surface area contributed by atoms with Crippen molar-refractivity contribution < 1.29 is 9.53 Å². The van der Waals surface area contributed by atoms with Crippen LogP contribution in [0.5, 0.6) is 0 Å². The molecule has 0 aromatic heterocycles. The Morgan fingerprint density at radius 3 is 2.30 bits per heavy atom. The Morgan fingerprint density at radius 1 is 1.50 bits per heavy atom. The predicted octanol–water partition coefficient (Wildman–Crippen LogP) is 1.35. The average Bonchev–Trinajstić information content (AvgIpc) is 2.61. The Labute approximate surface area is 60.6 Å². The molecule has 1 spiro atoms. The summed E-state index contributed by atoms with van der Waals surface area (Å²) in [4.78, 5) is 11.2. The third-order valence-electron chi connectivity index (χ3n) is 3.06. The minimum absolute atomic E-state index is 0.0284. The monoisotopic (exact) mass is 140 g/mol. The normalized spacial score (nSPS) is 42.0. The van der Waals surface area contributed by atoms with Gasteiger partial charge in [0.25, 0.3) is 0 Å². The molecule has 2 nitrogen and oxygen atoms in total. The Morgan fingerprint density at radius 2 is 2.10 bits per heavy atom. The van der Waals surface area contributed by atoms with E-state index in [-0.39, 0.29) is 17.5 Å². The van der Waals surface area contributed by atoms with Crippen molar-refractivity contribution in [2.75, 3.05) is 0 Å². The molecule has 1 saturated carbocycles. The van der Waals surface area contributed by atoms with Gasteiger partial charge in [-0.2, -0.15) is 0 Å². The lowest BCUT2D eigenvalue weighted by Gasteiger charge is -2.09. The fourth-order valence-electron chi connectivity index (χ4n) is 1.82. The lowest BCUT2D eigenvalue weighted by atomic mass is 9.90. The topological polar surface area (TPSA) is 26.3 Å². The summed E-state index contributed by atoms with van der Waals surface area (Å²) in [6.45, 7) is 4.10. The van der Waals surface area contributed by atoms with Crippen molar-refractivity contribution in [3.8, 4) is 0 Å².